The van der Waals surface area contributed by atoms with Crippen LogP contribution in [0.25, 0.3) is 0 Å². The van der Waals surface area contributed by atoms with E-state index in [4.69, 9.17) is 14.0 Å². The van der Waals surface area contributed by atoms with Crippen molar-refractivity contribution in [1.29, 1.82) is 0 Å². The van der Waals surface area contributed by atoms with Crippen LogP contribution in [0, 0.1) is 13.8 Å². The second kappa shape index (κ2) is 8.03. The summed E-state index contributed by atoms with van der Waals surface area (Å²) in [5.74, 6) is 0.417. The molecule has 0 saturated carbocycles. The van der Waals surface area contributed by atoms with Crippen molar-refractivity contribution in [2.45, 2.75) is 46.8 Å². The van der Waals surface area contributed by atoms with Gasteiger partial charge in [0.2, 0.25) is 0 Å². The highest BCUT2D eigenvalue weighted by Crippen LogP contribution is 2.18. The van der Waals surface area contributed by atoms with E-state index in [-0.39, 0.29) is 18.1 Å². The molecule has 0 atom stereocenters. The van der Waals surface area contributed by atoms with Crippen molar-refractivity contribution >= 4 is 11.9 Å². The quantitative estimate of drug-likeness (QED) is 0.797. The molecule has 2 aromatic rings. The molecule has 1 aromatic heterocycles. The minimum absolute atomic E-state index is 0.319. The summed E-state index contributed by atoms with van der Waals surface area (Å²) in [5, 5.41) is 6.60. The fourth-order valence-electron chi connectivity index (χ4n) is 2.22. The predicted molar refractivity (Wildman–Crippen MR) is 94.9 cm³/mol. The number of hydrogen-bond donors (Lipinski definition) is 1. The highest BCUT2D eigenvalue weighted by Gasteiger charge is 2.16. The van der Waals surface area contributed by atoms with Gasteiger partial charge in [0.05, 0.1) is 16.8 Å². The number of hydrogen-bond acceptors (Lipinski definition) is 6. The third kappa shape index (κ3) is 5.61. The Morgan fingerprint density at radius 2 is 1.81 bits per heavy atom. The molecule has 0 aliphatic heterocycles. The number of ether oxygens (including phenoxy) is 2. The first-order valence-corrected chi connectivity index (χ1v) is 8.28. The van der Waals surface area contributed by atoms with Crippen LogP contribution in [0.2, 0.25) is 0 Å². The van der Waals surface area contributed by atoms with E-state index < -0.39 is 5.97 Å². The van der Waals surface area contributed by atoms with E-state index in [0.29, 0.717) is 17.9 Å². The number of carbonyl (C=O) groups excluding carboxylic acids is 2. The van der Waals surface area contributed by atoms with Gasteiger partial charge in [-0.05, 0) is 58.9 Å². The van der Waals surface area contributed by atoms with Crippen LogP contribution >= 0.6 is 0 Å². The van der Waals surface area contributed by atoms with Crippen molar-refractivity contribution < 1.29 is 23.6 Å². The minimum atomic E-state index is -0.564. The van der Waals surface area contributed by atoms with Gasteiger partial charge in [0.15, 0.2) is 6.61 Å². The van der Waals surface area contributed by atoms with Crippen LogP contribution in [0.4, 0.5) is 0 Å². The smallest absolute Gasteiger partial charge is 0.338 e. The molecule has 0 aliphatic carbocycles. The molecule has 1 amide bonds. The Labute approximate surface area is 152 Å². The zero-order chi connectivity index (χ0) is 19.3. The molecule has 0 aliphatic rings. The van der Waals surface area contributed by atoms with Gasteiger partial charge in [-0.2, -0.15) is 0 Å². The summed E-state index contributed by atoms with van der Waals surface area (Å²) in [6, 6.07) is 6.52. The Morgan fingerprint density at radius 3 is 2.35 bits per heavy atom. The second-order valence-electron chi connectivity index (χ2n) is 6.99. The molecule has 1 aromatic carbocycles. The summed E-state index contributed by atoms with van der Waals surface area (Å²) in [5.41, 5.74) is 1.66. The number of rotatable bonds is 6. The van der Waals surface area contributed by atoms with Crippen LogP contribution in [-0.4, -0.2) is 29.2 Å². The fraction of sp³-hybridized carbons (Fsp3) is 0.421. The maximum atomic E-state index is 12.0. The van der Waals surface area contributed by atoms with Gasteiger partial charge in [0, 0.05) is 5.54 Å². The molecule has 0 radical (unpaired) electrons. The van der Waals surface area contributed by atoms with E-state index in [9.17, 15) is 9.59 Å². The van der Waals surface area contributed by atoms with Crippen molar-refractivity contribution in [1.82, 2.24) is 10.5 Å². The van der Waals surface area contributed by atoms with Crippen LogP contribution in [0.3, 0.4) is 0 Å². The van der Waals surface area contributed by atoms with E-state index in [2.05, 4.69) is 10.5 Å². The third-order valence-electron chi connectivity index (χ3n) is 3.50. The van der Waals surface area contributed by atoms with Crippen molar-refractivity contribution in [3.8, 4) is 5.75 Å². The molecule has 0 unspecified atom stereocenters. The summed E-state index contributed by atoms with van der Waals surface area (Å²) < 4.78 is 15.8. The van der Waals surface area contributed by atoms with Gasteiger partial charge in [0.25, 0.3) is 5.91 Å². The average molecular weight is 360 g/mol. The highest BCUT2D eigenvalue weighted by atomic mass is 16.5. The number of aromatic nitrogens is 1. The molecule has 0 bridgehead atoms. The molecule has 140 valence electrons. The topological polar surface area (TPSA) is 90.7 Å². The Bertz CT molecular complexity index is 753. The summed E-state index contributed by atoms with van der Waals surface area (Å²) in [6.07, 6.45) is 0. The summed E-state index contributed by atoms with van der Waals surface area (Å²) in [4.78, 5) is 23.7. The van der Waals surface area contributed by atoms with E-state index in [1.165, 1.54) is 0 Å². The molecule has 1 N–H and O–H groups in total. The average Bonchev–Trinajstić information content (AvgIpc) is 2.88. The van der Waals surface area contributed by atoms with E-state index in [1.54, 1.807) is 24.3 Å². The van der Waals surface area contributed by atoms with Crippen LogP contribution in [0.5, 0.6) is 5.75 Å². The third-order valence-corrected chi connectivity index (χ3v) is 3.50. The van der Waals surface area contributed by atoms with Crippen molar-refractivity contribution in [3.63, 3.8) is 0 Å². The normalized spacial score (nSPS) is 11.1. The van der Waals surface area contributed by atoms with Crippen LogP contribution in [-0.2, 0) is 16.1 Å². The largest absolute Gasteiger partial charge is 0.489 e. The maximum Gasteiger partial charge on any atom is 0.338 e. The molecular weight excluding hydrogens is 336 g/mol. The standard InChI is InChI=1S/C19H24N2O5/c1-12-16(13(2)26-21-12)10-24-15-8-6-14(7-9-15)18(23)25-11-17(22)20-19(3,4)5/h6-9H,10-11H2,1-5H3,(H,20,22). The first-order valence-electron chi connectivity index (χ1n) is 8.28. The van der Waals surface area contributed by atoms with Gasteiger partial charge in [-0.25, -0.2) is 4.79 Å². The van der Waals surface area contributed by atoms with Crippen LogP contribution < -0.4 is 10.1 Å². The van der Waals surface area contributed by atoms with Crippen molar-refractivity contribution in [2.75, 3.05) is 6.61 Å². The summed E-state index contributed by atoms with van der Waals surface area (Å²) in [7, 11) is 0. The van der Waals surface area contributed by atoms with Crippen molar-refractivity contribution in [3.05, 3.63) is 46.8 Å². The van der Waals surface area contributed by atoms with Gasteiger partial charge in [-0.1, -0.05) is 5.16 Å². The minimum Gasteiger partial charge on any atom is -0.489 e. The molecule has 1 heterocycles. The van der Waals surface area contributed by atoms with E-state index >= 15 is 0 Å². The number of nitrogens with one attached hydrogen (secondary N) is 1. The van der Waals surface area contributed by atoms with Gasteiger partial charge < -0.3 is 19.3 Å². The Hall–Kier alpha value is -2.83. The first-order chi connectivity index (χ1) is 12.2. The predicted octanol–water partition coefficient (Wildman–Crippen LogP) is 2.94. The number of nitrogens with zero attached hydrogens (tertiary/aromatic N) is 1. The number of carbonyl (C=O) groups is 2. The Balaban J connectivity index is 1.86. The molecule has 0 spiro atoms. The summed E-state index contributed by atoms with van der Waals surface area (Å²) >= 11 is 0. The van der Waals surface area contributed by atoms with Crippen LogP contribution in [0.15, 0.2) is 28.8 Å². The lowest BCUT2D eigenvalue weighted by Gasteiger charge is -2.20. The number of benzene rings is 1. The second-order valence-corrected chi connectivity index (χ2v) is 6.99. The van der Waals surface area contributed by atoms with Gasteiger partial charge in [0.1, 0.15) is 18.1 Å². The first kappa shape index (κ1) is 19.5. The lowest BCUT2D eigenvalue weighted by Crippen LogP contribution is -2.42. The molecule has 7 nitrogen and oxygen atoms in total. The van der Waals surface area contributed by atoms with E-state index in [1.807, 2.05) is 34.6 Å². The highest BCUT2D eigenvalue weighted by molar-refractivity contribution is 5.91. The number of amides is 1. The molecule has 7 heteroatoms. The molecule has 0 saturated heterocycles. The monoisotopic (exact) mass is 360 g/mol. The number of aryl methyl sites for hydroxylation is 2. The van der Waals surface area contributed by atoms with E-state index in [0.717, 1.165) is 17.0 Å². The Morgan fingerprint density at radius 1 is 1.15 bits per heavy atom. The van der Waals surface area contributed by atoms with Crippen molar-refractivity contribution in [2.24, 2.45) is 0 Å². The molecular formula is C19H24N2O5. The SMILES string of the molecule is Cc1noc(C)c1COc1ccc(C(=O)OCC(=O)NC(C)(C)C)cc1. The zero-order valence-electron chi connectivity index (χ0n) is 15.7. The van der Waals surface area contributed by atoms with Gasteiger partial charge >= 0.3 is 5.97 Å². The lowest BCUT2D eigenvalue weighted by molar-refractivity contribution is -0.125. The molecule has 0 fully saturated rings. The fourth-order valence-corrected chi connectivity index (χ4v) is 2.22. The molecule has 26 heavy (non-hydrogen) atoms. The maximum absolute atomic E-state index is 12.0. The lowest BCUT2D eigenvalue weighted by atomic mass is 10.1. The van der Waals surface area contributed by atoms with Crippen LogP contribution in [0.1, 0.15) is 48.1 Å². The number of esters is 1. The summed E-state index contributed by atoms with van der Waals surface area (Å²) in [6.45, 7) is 9.26. The van der Waals surface area contributed by atoms with Gasteiger partial charge in [-0.15, -0.1) is 0 Å². The van der Waals surface area contributed by atoms with Gasteiger partial charge in [-0.3, -0.25) is 4.79 Å². The Kier molecular flexibility index (Phi) is 6.02. The zero-order valence-corrected chi connectivity index (χ0v) is 15.7. The molecule has 2 rings (SSSR count).